The highest BCUT2D eigenvalue weighted by Crippen LogP contribution is 2.24. The number of aromatic nitrogens is 2. The number of nitrogens with one attached hydrogen (secondary N) is 1. The summed E-state index contributed by atoms with van der Waals surface area (Å²) >= 11 is 0. The molecule has 0 saturated heterocycles. The summed E-state index contributed by atoms with van der Waals surface area (Å²) in [5.41, 5.74) is 6.81. The van der Waals surface area contributed by atoms with E-state index in [2.05, 4.69) is 9.97 Å². The van der Waals surface area contributed by atoms with Gasteiger partial charge in [0.2, 0.25) is 0 Å². The molecule has 0 saturated carbocycles. The summed E-state index contributed by atoms with van der Waals surface area (Å²) < 4.78 is 5.10. The van der Waals surface area contributed by atoms with Gasteiger partial charge in [-0.1, -0.05) is 0 Å². The van der Waals surface area contributed by atoms with Gasteiger partial charge in [0.15, 0.2) is 0 Å². The van der Waals surface area contributed by atoms with Crippen molar-refractivity contribution in [2.75, 3.05) is 7.11 Å². The van der Waals surface area contributed by atoms with E-state index < -0.39 is 5.91 Å². The molecular weight excluding hydrogens is 182 g/mol. The second-order valence-corrected chi connectivity index (χ2v) is 2.81. The molecule has 0 atom stereocenters. The molecule has 0 bridgehead atoms. The molecule has 0 aliphatic rings. The molecule has 5 heteroatoms. The smallest absolute Gasteiger partial charge is 0.250 e. The predicted octanol–water partition coefficient (Wildman–Crippen LogP) is 0.670. The summed E-state index contributed by atoms with van der Waals surface area (Å²) in [4.78, 5) is 17.9. The number of nitrogens with zero attached hydrogens (tertiary/aromatic N) is 1. The lowest BCUT2D eigenvalue weighted by atomic mass is 10.1. The number of amides is 1. The number of hydrogen-bond acceptors (Lipinski definition) is 3. The van der Waals surface area contributed by atoms with Crippen LogP contribution < -0.4 is 10.5 Å². The van der Waals surface area contributed by atoms with Crippen molar-refractivity contribution in [2.24, 2.45) is 5.73 Å². The van der Waals surface area contributed by atoms with Crippen LogP contribution in [0.25, 0.3) is 11.0 Å². The molecule has 0 aliphatic heterocycles. The number of hydrogen-bond donors (Lipinski definition) is 2. The van der Waals surface area contributed by atoms with E-state index in [4.69, 9.17) is 10.5 Å². The van der Waals surface area contributed by atoms with E-state index in [1.54, 1.807) is 19.2 Å². The number of imidazole rings is 1. The molecule has 3 N–H and O–H groups in total. The summed E-state index contributed by atoms with van der Waals surface area (Å²) in [7, 11) is 1.56. The van der Waals surface area contributed by atoms with Gasteiger partial charge in [0, 0.05) is 0 Å². The Morgan fingerprint density at radius 1 is 1.57 bits per heavy atom. The minimum atomic E-state index is -0.496. The van der Waals surface area contributed by atoms with Crippen LogP contribution in [0, 0.1) is 0 Å². The van der Waals surface area contributed by atoms with Gasteiger partial charge < -0.3 is 15.5 Å². The number of carbonyl (C=O) groups excluding carboxylic acids is 1. The summed E-state index contributed by atoms with van der Waals surface area (Å²) in [6, 6.07) is 3.28. The topological polar surface area (TPSA) is 81.0 Å². The van der Waals surface area contributed by atoms with Gasteiger partial charge >= 0.3 is 0 Å². The Kier molecular flexibility index (Phi) is 1.85. The highest BCUT2D eigenvalue weighted by atomic mass is 16.5. The van der Waals surface area contributed by atoms with Crippen molar-refractivity contribution in [3.8, 4) is 5.75 Å². The minimum Gasteiger partial charge on any atom is -0.494 e. The number of methoxy groups -OCH3 is 1. The van der Waals surface area contributed by atoms with Crippen molar-refractivity contribution in [1.82, 2.24) is 9.97 Å². The second kappa shape index (κ2) is 3.02. The zero-order valence-corrected chi connectivity index (χ0v) is 7.57. The van der Waals surface area contributed by atoms with Crippen LogP contribution in [0.3, 0.4) is 0 Å². The maximum Gasteiger partial charge on any atom is 0.250 e. The molecule has 0 aliphatic carbocycles. The molecule has 2 rings (SSSR count). The Balaban J connectivity index is 2.78. The molecule has 2 aromatic rings. The number of nitrogens with two attached hydrogens (primary N) is 1. The Labute approximate surface area is 79.9 Å². The number of carbonyl (C=O) groups is 1. The first-order valence-corrected chi connectivity index (χ1v) is 4.04. The van der Waals surface area contributed by atoms with Crippen LogP contribution in [0.5, 0.6) is 5.75 Å². The molecule has 0 radical (unpaired) electrons. The largest absolute Gasteiger partial charge is 0.494 e. The number of H-pyrrole nitrogens is 1. The number of aromatic amines is 1. The van der Waals surface area contributed by atoms with E-state index in [1.807, 2.05) is 0 Å². The molecule has 0 unspecified atom stereocenters. The van der Waals surface area contributed by atoms with Gasteiger partial charge in [-0.15, -0.1) is 0 Å². The standard InChI is InChI=1S/C9H9N3O2/c1-14-6-3-2-5(9(10)13)7-8(6)12-4-11-7/h2-4H,1H3,(H2,10,13)(H,11,12). The number of benzene rings is 1. The van der Waals surface area contributed by atoms with Gasteiger partial charge in [-0.25, -0.2) is 4.98 Å². The average Bonchev–Trinajstić information content (AvgIpc) is 2.64. The zero-order chi connectivity index (χ0) is 10.1. The van der Waals surface area contributed by atoms with E-state index in [0.29, 0.717) is 22.3 Å². The maximum atomic E-state index is 11.0. The Morgan fingerprint density at radius 3 is 3.00 bits per heavy atom. The molecule has 1 amide bonds. The monoisotopic (exact) mass is 191 g/mol. The van der Waals surface area contributed by atoms with E-state index in [1.165, 1.54) is 6.33 Å². The van der Waals surface area contributed by atoms with E-state index in [0.717, 1.165) is 0 Å². The number of fused-ring (bicyclic) bond motifs is 1. The third-order valence-electron chi connectivity index (χ3n) is 2.03. The first-order valence-electron chi connectivity index (χ1n) is 4.04. The molecule has 72 valence electrons. The van der Waals surface area contributed by atoms with Gasteiger partial charge in [-0.05, 0) is 12.1 Å². The predicted molar refractivity (Wildman–Crippen MR) is 51.2 cm³/mol. The molecular formula is C9H9N3O2. The summed E-state index contributed by atoms with van der Waals surface area (Å²) in [6.07, 6.45) is 1.50. The van der Waals surface area contributed by atoms with Crippen LogP contribution in [0.15, 0.2) is 18.5 Å². The van der Waals surface area contributed by atoms with Crippen molar-refractivity contribution in [1.29, 1.82) is 0 Å². The van der Waals surface area contributed by atoms with Gasteiger partial charge in [0.25, 0.3) is 5.91 Å². The van der Waals surface area contributed by atoms with Crippen molar-refractivity contribution in [2.45, 2.75) is 0 Å². The molecule has 1 aromatic carbocycles. The van der Waals surface area contributed by atoms with Gasteiger partial charge in [-0.3, -0.25) is 4.79 Å². The Hall–Kier alpha value is -2.04. The van der Waals surface area contributed by atoms with E-state index in [9.17, 15) is 4.79 Å². The first-order chi connectivity index (χ1) is 6.74. The second-order valence-electron chi connectivity index (χ2n) is 2.81. The number of primary amides is 1. The number of rotatable bonds is 2. The lowest BCUT2D eigenvalue weighted by Gasteiger charge is -2.02. The van der Waals surface area contributed by atoms with Gasteiger partial charge in [0.1, 0.15) is 16.8 Å². The Morgan fingerprint density at radius 2 is 2.36 bits per heavy atom. The fourth-order valence-electron chi connectivity index (χ4n) is 1.38. The summed E-state index contributed by atoms with van der Waals surface area (Å²) in [5, 5.41) is 0. The van der Waals surface area contributed by atoms with Crippen LogP contribution in [-0.4, -0.2) is 23.0 Å². The minimum absolute atomic E-state index is 0.391. The quantitative estimate of drug-likeness (QED) is 0.732. The van der Waals surface area contributed by atoms with E-state index >= 15 is 0 Å². The average molecular weight is 191 g/mol. The van der Waals surface area contributed by atoms with Crippen LogP contribution in [0.4, 0.5) is 0 Å². The van der Waals surface area contributed by atoms with Crippen molar-refractivity contribution in [3.63, 3.8) is 0 Å². The summed E-state index contributed by atoms with van der Waals surface area (Å²) in [6.45, 7) is 0. The van der Waals surface area contributed by atoms with Crippen molar-refractivity contribution in [3.05, 3.63) is 24.0 Å². The third kappa shape index (κ3) is 1.10. The van der Waals surface area contributed by atoms with Crippen molar-refractivity contribution >= 4 is 16.9 Å². The maximum absolute atomic E-state index is 11.0. The molecule has 14 heavy (non-hydrogen) atoms. The molecule has 5 nitrogen and oxygen atoms in total. The SMILES string of the molecule is COc1ccc(C(N)=O)c2nc[nH]c12. The Bertz CT molecular complexity index is 490. The lowest BCUT2D eigenvalue weighted by molar-refractivity contribution is 0.100. The fourth-order valence-corrected chi connectivity index (χ4v) is 1.38. The van der Waals surface area contributed by atoms with E-state index in [-0.39, 0.29) is 0 Å². The summed E-state index contributed by atoms with van der Waals surface area (Å²) in [5.74, 6) is 0.146. The highest BCUT2D eigenvalue weighted by Gasteiger charge is 2.11. The van der Waals surface area contributed by atoms with Gasteiger partial charge in [0.05, 0.1) is 19.0 Å². The number of ether oxygens (including phenoxy) is 1. The highest BCUT2D eigenvalue weighted by molar-refractivity contribution is 6.05. The normalized spacial score (nSPS) is 10.4. The third-order valence-corrected chi connectivity index (χ3v) is 2.03. The fraction of sp³-hybridized carbons (Fsp3) is 0.111. The molecule has 1 aromatic heterocycles. The van der Waals surface area contributed by atoms with Crippen LogP contribution in [0.2, 0.25) is 0 Å². The van der Waals surface area contributed by atoms with Crippen LogP contribution >= 0.6 is 0 Å². The van der Waals surface area contributed by atoms with Crippen LogP contribution in [-0.2, 0) is 0 Å². The lowest BCUT2D eigenvalue weighted by Crippen LogP contribution is -2.11. The molecule has 0 spiro atoms. The molecule has 1 heterocycles. The molecule has 0 fully saturated rings. The first kappa shape index (κ1) is 8.55. The zero-order valence-electron chi connectivity index (χ0n) is 7.57. The van der Waals surface area contributed by atoms with Crippen molar-refractivity contribution < 1.29 is 9.53 Å². The van der Waals surface area contributed by atoms with Gasteiger partial charge in [-0.2, -0.15) is 0 Å². The van der Waals surface area contributed by atoms with Crippen LogP contribution in [0.1, 0.15) is 10.4 Å².